The van der Waals surface area contributed by atoms with E-state index in [0.717, 1.165) is 4.68 Å². The molecule has 24 heavy (non-hydrogen) atoms. The SMILES string of the molecule is CC(C)[C@H](C#N)NC(=O)n1cc(-c2ccnc3[nH]c(=O)[nH]c23)cn1. The highest BCUT2D eigenvalue weighted by atomic mass is 16.2. The zero-order valence-electron chi connectivity index (χ0n) is 13.1. The predicted octanol–water partition coefficient (Wildman–Crippen LogP) is 1.22. The molecule has 0 saturated heterocycles. The number of rotatable bonds is 3. The summed E-state index contributed by atoms with van der Waals surface area (Å²) in [7, 11) is 0. The third-order valence-corrected chi connectivity index (χ3v) is 3.61. The van der Waals surface area contributed by atoms with Gasteiger partial charge >= 0.3 is 11.7 Å². The number of H-pyrrole nitrogens is 2. The van der Waals surface area contributed by atoms with Crippen molar-refractivity contribution in [2.75, 3.05) is 0 Å². The minimum absolute atomic E-state index is 0.0151. The summed E-state index contributed by atoms with van der Waals surface area (Å²) in [6.07, 6.45) is 4.60. The van der Waals surface area contributed by atoms with E-state index in [4.69, 9.17) is 5.26 Å². The van der Waals surface area contributed by atoms with Crippen molar-refractivity contribution in [3.8, 4) is 17.2 Å². The zero-order valence-corrected chi connectivity index (χ0v) is 13.1. The fourth-order valence-corrected chi connectivity index (χ4v) is 2.30. The van der Waals surface area contributed by atoms with Gasteiger partial charge < -0.3 is 10.3 Å². The van der Waals surface area contributed by atoms with Gasteiger partial charge in [-0.2, -0.15) is 15.0 Å². The van der Waals surface area contributed by atoms with E-state index in [0.29, 0.717) is 22.3 Å². The van der Waals surface area contributed by atoms with Crippen molar-refractivity contribution in [1.29, 1.82) is 5.26 Å². The maximum Gasteiger partial charge on any atom is 0.343 e. The van der Waals surface area contributed by atoms with E-state index >= 15 is 0 Å². The van der Waals surface area contributed by atoms with Crippen LogP contribution in [0.5, 0.6) is 0 Å². The summed E-state index contributed by atoms with van der Waals surface area (Å²) < 4.78 is 1.12. The zero-order chi connectivity index (χ0) is 17.3. The quantitative estimate of drug-likeness (QED) is 0.666. The van der Waals surface area contributed by atoms with Crippen LogP contribution in [0.15, 0.2) is 29.5 Å². The number of nitriles is 1. The first-order chi connectivity index (χ1) is 11.5. The molecule has 9 heteroatoms. The summed E-state index contributed by atoms with van der Waals surface area (Å²) in [6, 6.07) is 2.67. The molecule has 3 aromatic heterocycles. The normalized spacial score (nSPS) is 12.2. The van der Waals surface area contributed by atoms with Crippen molar-refractivity contribution >= 4 is 17.2 Å². The summed E-state index contributed by atoms with van der Waals surface area (Å²) in [6.45, 7) is 3.69. The highest BCUT2D eigenvalue weighted by molar-refractivity contribution is 5.89. The van der Waals surface area contributed by atoms with Gasteiger partial charge in [0, 0.05) is 23.5 Å². The van der Waals surface area contributed by atoms with Crippen LogP contribution in [-0.2, 0) is 0 Å². The van der Waals surface area contributed by atoms with Gasteiger partial charge in [-0.1, -0.05) is 13.8 Å². The molecule has 0 unspecified atom stereocenters. The van der Waals surface area contributed by atoms with Crippen LogP contribution in [-0.4, -0.2) is 36.8 Å². The third kappa shape index (κ3) is 2.77. The lowest BCUT2D eigenvalue weighted by molar-refractivity contribution is 0.235. The number of hydrogen-bond acceptors (Lipinski definition) is 5. The molecule has 0 bridgehead atoms. The van der Waals surface area contributed by atoms with Gasteiger partial charge in [0.1, 0.15) is 6.04 Å². The number of fused-ring (bicyclic) bond motifs is 1. The highest BCUT2D eigenvalue weighted by Crippen LogP contribution is 2.23. The summed E-state index contributed by atoms with van der Waals surface area (Å²) >= 11 is 0. The molecule has 0 aromatic carbocycles. The summed E-state index contributed by atoms with van der Waals surface area (Å²) in [5, 5.41) is 15.7. The average Bonchev–Trinajstić information content (AvgIpc) is 3.17. The first-order valence-corrected chi connectivity index (χ1v) is 7.32. The monoisotopic (exact) mass is 325 g/mol. The molecular weight excluding hydrogens is 310 g/mol. The minimum atomic E-state index is -0.598. The van der Waals surface area contributed by atoms with E-state index in [9.17, 15) is 9.59 Å². The van der Waals surface area contributed by atoms with E-state index in [1.807, 2.05) is 19.9 Å². The minimum Gasteiger partial charge on any atom is -0.320 e. The van der Waals surface area contributed by atoms with E-state index in [-0.39, 0.29) is 11.6 Å². The molecule has 0 saturated carbocycles. The lowest BCUT2D eigenvalue weighted by Crippen LogP contribution is -2.40. The Balaban J connectivity index is 1.91. The highest BCUT2D eigenvalue weighted by Gasteiger charge is 2.18. The van der Waals surface area contributed by atoms with E-state index in [1.165, 1.54) is 12.4 Å². The summed E-state index contributed by atoms with van der Waals surface area (Å²) in [5.41, 5.74) is 1.95. The van der Waals surface area contributed by atoms with Crippen LogP contribution in [0.3, 0.4) is 0 Å². The Morgan fingerprint density at radius 3 is 2.92 bits per heavy atom. The van der Waals surface area contributed by atoms with Crippen molar-refractivity contribution in [1.82, 2.24) is 30.0 Å². The molecule has 1 atom stereocenters. The first-order valence-electron chi connectivity index (χ1n) is 7.32. The lowest BCUT2D eigenvalue weighted by Gasteiger charge is -2.14. The Hall–Kier alpha value is -3.41. The number of amides is 1. The van der Waals surface area contributed by atoms with Gasteiger partial charge in [0.2, 0.25) is 0 Å². The molecule has 0 aliphatic rings. The van der Waals surface area contributed by atoms with Gasteiger partial charge in [-0.25, -0.2) is 14.6 Å². The molecule has 0 aliphatic carbocycles. The average molecular weight is 325 g/mol. The number of aromatic nitrogens is 5. The number of hydrogen-bond donors (Lipinski definition) is 3. The van der Waals surface area contributed by atoms with E-state index < -0.39 is 12.1 Å². The van der Waals surface area contributed by atoms with Crippen LogP contribution in [0.1, 0.15) is 13.8 Å². The van der Waals surface area contributed by atoms with Crippen molar-refractivity contribution in [3.63, 3.8) is 0 Å². The Kier molecular flexibility index (Phi) is 3.87. The topological polar surface area (TPSA) is 132 Å². The standard InChI is InChI=1S/C15H15N7O2/c1-8(2)11(5-16)19-15(24)22-7-9(6-18-22)10-3-4-17-13-12(10)20-14(23)21-13/h3-4,6-8,11H,1-2H3,(H,19,24)(H2,17,20,21,23)/t11-/m0/s1. The fraction of sp³-hybridized carbons (Fsp3) is 0.267. The van der Waals surface area contributed by atoms with Gasteiger partial charge in [-0.15, -0.1) is 0 Å². The summed E-state index contributed by atoms with van der Waals surface area (Å²) in [4.78, 5) is 32.9. The van der Waals surface area contributed by atoms with Gasteiger partial charge in [-0.3, -0.25) is 4.98 Å². The maximum atomic E-state index is 12.2. The summed E-state index contributed by atoms with van der Waals surface area (Å²) in [5.74, 6) is -0.0151. The van der Waals surface area contributed by atoms with Gasteiger partial charge in [-0.05, 0) is 12.0 Å². The number of nitrogens with one attached hydrogen (secondary N) is 3. The van der Waals surface area contributed by atoms with Gasteiger partial charge in [0.05, 0.1) is 17.8 Å². The van der Waals surface area contributed by atoms with Gasteiger partial charge in [0.25, 0.3) is 0 Å². The second-order valence-electron chi connectivity index (χ2n) is 5.64. The van der Waals surface area contributed by atoms with E-state index in [2.05, 4.69) is 25.4 Å². The first kappa shape index (κ1) is 15.5. The molecule has 9 nitrogen and oxygen atoms in total. The molecule has 0 radical (unpaired) electrons. The Bertz CT molecular complexity index is 989. The predicted molar refractivity (Wildman–Crippen MR) is 86.1 cm³/mol. The molecule has 0 fully saturated rings. The fourth-order valence-electron chi connectivity index (χ4n) is 2.30. The number of pyridine rings is 1. The van der Waals surface area contributed by atoms with Crippen LogP contribution in [0.25, 0.3) is 22.3 Å². The molecule has 3 aromatic rings. The molecule has 3 N–H and O–H groups in total. The molecule has 3 rings (SSSR count). The number of carbonyl (C=O) groups is 1. The second-order valence-corrected chi connectivity index (χ2v) is 5.64. The van der Waals surface area contributed by atoms with Crippen molar-refractivity contribution < 1.29 is 4.79 Å². The number of aromatic amines is 2. The molecule has 0 spiro atoms. The Labute approximate surface area is 136 Å². The lowest BCUT2D eigenvalue weighted by atomic mass is 10.1. The number of carbonyl (C=O) groups excluding carboxylic acids is 1. The largest absolute Gasteiger partial charge is 0.343 e. The molecular formula is C15H15N7O2. The maximum absolute atomic E-state index is 12.2. The molecule has 1 amide bonds. The van der Waals surface area contributed by atoms with Crippen LogP contribution < -0.4 is 11.0 Å². The Morgan fingerprint density at radius 1 is 1.42 bits per heavy atom. The van der Waals surface area contributed by atoms with Gasteiger partial charge in [0.15, 0.2) is 5.65 Å². The molecule has 0 aliphatic heterocycles. The van der Waals surface area contributed by atoms with Crippen LogP contribution >= 0.6 is 0 Å². The number of imidazole rings is 1. The molecule has 122 valence electrons. The van der Waals surface area contributed by atoms with Crippen molar-refractivity contribution in [2.45, 2.75) is 19.9 Å². The third-order valence-electron chi connectivity index (χ3n) is 3.61. The van der Waals surface area contributed by atoms with Crippen LogP contribution in [0, 0.1) is 17.2 Å². The van der Waals surface area contributed by atoms with Crippen LogP contribution in [0.2, 0.25) is 0 Å². The van der Waals surface area contributed by atoms with Crippen molar-refractivity contribution in [2.24, 2.45) is 5.92 Å². The number of nitrogens with zero attached hydrogens (tertiary/aromatic N) is 4. The molecule has 3 heterocycles. The second kappa shape index (κ2) is 6.00. The van der Waals surface area contributed by atoms with Crippen molar-refractivity contribution in [3.05, 3.63) is 35.1 Å². The smallest absolute Gasteiger partial charge is 0.320 e. The van der Waals surface area contributed by atoms with Crippen LogP contribution in [0.4, 0.5) is 4.79 Å². The Morgan fingerprint density at radius 2 is 2.21 bits per heavy atom. The van der Waals surface area contributed by atoms with E-state index in [1.54, 1.807) is 12.3 Å².